The molecule has 13 heavy (non-hydrogen) atoms. The number of nitrogens with one attached hydrogen (secondary N) is 1. The topological polar surface area (TPSA) is 98.2 Å². The molecule has 0 aliphatic heterocycles. The van der Waals surface area contributed by atoms with Crippen molar-refractivity contribution < 1.29 is 9.59 Å². The Morgan fingerprint density at radius 1 is 1.46 bits per heavy atom. The second kappa shape index (κ2) is 5.58. The summed E-state index contributed by atoms with van der Waals surface area (Å²) >= 11 is 0. The average molecular weight is 185 g/mol. The summed E-state index contributed by atoms with van der Waals surface area (Å²) in [5.74, 6) is -0.574. The van der Waals surface area contributed by atoms with Gasteiger partial charge in [0.2, 0.25) is 5.91 Å². The molecule has 2 amide bonds. The molecule has 1 atom stereocenters. The predicted octanol–water partition coefficient (Wildman–Crippen LogP) is -1.09. The largest absolute Gasteiger partial charge is 0.368 e. The number of hydrogen-bond donors (Lipinski definition) is 3. The first-order valence-electron chi connectivity index (χ1n) is 4.26. The maximum atomic E-state index is 10.9. The lowest BCUT2D eigenvalue weighted by atomic mass is 9.94. The highest BCUT2D eigenvalue weighted by atomic mass is 16.2. The van der Waals surface area contributed by atoms with Gasteiger partial charge in [-0.05, 0) is 12.3 Å². The fourth-order valence-corrected chi connectivity index (χ4v) is 0.971. The van der Waals surface area contributed by atoms with E-state index in [9.17, 15) is 9.59 Å². The van der Waals surface area contributed by atoms with Crippen LogP contribution in [0.5, 0.6) is 0 Å². The van der Waals surface area contributed by atoms with E-state index in [0.717, 1.165) is 0 Å². The van der Waals surface area contributed by atoms with Gasteiger partial charge in [-0.25, -0.2) is 0 Å². The number of amides is 2. The minimum absolute atomic E-state index is 0.123. The molecular formula is C7H16BN3O2. The molecule has 5 nitrogen and oxygen atoms in total. The highest BCUT2D eigenvalue weighted by molar-refractivity contribution is 6.70. The van der Waals surface area contributed by atoms with Gasteiger partial charge in [-0.15, -0.1) is 0 Å². The van der Waals surface area contributed by atoms with Crippen molar-refractivity contribution in [1.82, 2.24) is 5.32 Å². The van der Waals surface area contributed by atoms with Gasteiger partial charge in [0, 0.05) is 0 Å². The summed E-state index contributed by atoms with van der Waals surface area (Å²) in [4.78, 5) is 21.7. The van der Waals surface area contributed by atoms with Crippen molar-refractivity contribution in [2.45, 2.75) is 26.3 Å². The number of nitrogens with two attached hydrogens (primary N) is 2. The highest BCUT2D eigenvalue weighted by Crippen LogP contribution is 2.03. The zero-order chi connectivity index (χ0) is 10.4. The minimum atomic E-state index is -0.601. The van der Waals surface area contributed by atoms with Gasteiger partial charge in [-0.3, -0.25) is 9.59 Å². The number of hydrogen-bond acceptors (Lipinski definition) is 3. The van der Waals surface area contributed by atoms with E-state index in [2.05, 4.69) is 5.32 Å². The Balaban J connectivity index is 4.10. The summed E-state index contributed by atoms with van der Waals surface area (Å²) in [6, 6.07) is -0.601. The Kier molecular flexibility index (Phi) is 5.14. The quantitative estimate of drug-likeness (QED) is 0.474. The Bertz CT molecular complexity index is 196. The van der Waals surface area contributed by atoms with Gasteiger partial charge >= 0.3 is 7.41 Å². The number of rotatable bonds is 5. The smallest absolute Gasteiger partial charge is 0.308 e. The molecule has 0 spiro atoms. The van der Waals surface area contributed by atoms with Crippen molar-refractivity contribution in [2.24, 2.45) is 17.3 Å². The molecule has 74 valence electrons. The van der Waals surface area contributed by atoms with Crippen LogP contribution in [0.3, 0.4) is 0 Å². The Morgan fingerprint density at radius 2 is 2.00 bits per heavy atom. The van der Waals surface area contributed by atoms with Crippen molar-refractivity contribution in [2.75, 3.05) is 0 Å². The van der Waals surface area contributed by atoms with Crippen LogP contribution in [0.4, 0.5) is 4.79 Å². The second-order valence-corrected chi connectivity index (χ2v) is 3.36. The second-order valence-electron chi connectivity index (χ2n) is 3.36. The number of primary amides is 1. The molecule has 0 fully saturated rings. The first-order chi connectivity index (χ1) is 5.97. The molecule has 0 rings (SSSR count). The van der Waals surface area contributed by atoms with Crippen LogP contribution in [0.15, 0.2) is 0 Å². The van der Waals surface area contributed by atoms with Gasteiger partial charge in [0.15, 0.2) is 5.81 Å². The molecule has 1 unspecified atom stereocenters. The molecule has 0 aromatic heterocycles. The average Bonchev–Trinajstić information content (AvgIpc) is 2.02. The highest BCUT2D eigenvalue weighted by Gasteiger charge is 2.18. The van der Waals surface area contributed by atoms with Crippen LogP contribution >= 0.6 is 0 Å². The molecule has 0 saturated carbocycles. The standard InChI is InChI=1S/C7H16BN3O2/c1-4(2)3-5(6(9)12)11-7(13)8-10/h4-5,8H,3,10H2,1-2H3,(H2,9,12)(H,11,13). The molecule has 0 bridgehead atoms. The SMILES string of the molecule is CC(C)CC(NC(=O)BN)C(N)=O. The van der Waals surface area contributed by atoms with E-state index in [0.29, 0.717) is 12.3 Å². The zero-order valence-electron chi connectivity index (χ0n) is 8.04. The van der Waals surface area contributed by atoms with Gasteiger partial charge < -0.3 is 16.7 Å². The van der Waals surface area contributed by atoms with Crippen molar-refractivity contribution in [3.63, 3.8) is 0 Å². The van der Waals surface area contributed by atoms with E-state index in [-0.39, 0.29) is 13.2 Å². The van der Waals surface area contributed by atoms with Crippen LogP contribution in [0.25, 0.3) is 0 Å². The molecule has 0 saturated heterocycles. The summed E-state index contributed by atoms with van der Waals surface area (Å²) in [6.45, 7) is 3.90. The van der Waals surface area contributed by atoms with E-state index >= 15 is 0 Å². The van der Waals surface area contributed by atoms with E-state index in [1.807, 2.05) is 13.8 Å². The van der Waals surface area contributed by atoms with Gasteiger partial charge in [-0.1, -0.05) is 13.8 Å². The Morgan fingerprint density at radius 3 is 2.31 bits per heavy atom. The molecule has 5 N–H and O–H groups in total. The van der Waals surface area contributed by atoms with Crippen LogP contribution in [-0.2, 0) is 4.79 Å². The molecule has 0 aromatic rings. The van der Waals surface area contributed by atoms with Crippen LogP contribution in [-0.4, -0.2) is 25.2 Å². The van der Waals surface area contributed by atoms with E-state index in [1.54, 1.807) is 0 Å². The van der Waals surface area contributed by atoms with Gasteiger partial charge in [0.05, 0.1) is 0 Å². The zero-order valence-corrected chi connectivity index (χ0v) is 8.04. The van der Waals surface area contributed by atoms with Crippen molar-refractivity contribution >= 4 is 19.1 Å². The summed E-state index contributed by atoms with van der Waals surface area (Å²) in [5.41, 5.74) is 10.2. The molecule has 0 radical (unpaired) electrons. The maximum Gasteiger partial charge on any atom is 0.308 e. The minimum Gasteiger partial charge on any atom is -0.368 e. The first kappa shape index (κ1) is 12.0. The normalized spacial score (nSPS) is 12.3. The monoisotopic (exact) mass is 185 g/mol. The van der Waals surface area contributed by atoms with E-state index in [1.165, 1.54) is 0 Å². The molecular weight excluding hydrogens is 169 g/mol. The van der Waals surface area contributed by atoms with Gasteiger partial charge in [-0.2, -0.15) is 0 Å². The Labute approximate surface area is 78.5 Å². The summed E-state index contributed by atoms with van der Waals surface area (Å²) in [5, 5.41) is 2.46. The van der Waals surface area contributed by atoms with Crippen molar-refractivity contribution in [3.05, 3.63) is 0 Å². The van der Waals surface area contributed by atoms with Crippen LogP contribution in [0.2, 0.25) is 0 Å². The third kappa shape index (κ3) is 5.24. The molecule has 6 heteroatoms. The van der Waals surface area contributed by atoms with E-state index < -0.39 is 11.9 Å². The molecule has 0 aromatic carbocycles. The van der Waals surface area contributed by atoms with Crippen molar-refractivity contribution in [3.8, 4) is 0 Å². The van der Waals surface area contributed by atoms with Gasteiger partial charge in [0.25, 0.3) is 0 Å². The summed E-state index contributed by atoms with van der Waals surface area (Å²) in [6.07, 6.45) is 0.543. The molecule has 0 aliphatic carbocycles. The lowest BCUT2D eigenvalue weighted by molar-refractivity contribution is -0.120. The Hall–Kier alpha value is -1.04. The number of carbonyl (C=O) groups is 2. The third-order valence-corrected chi connectivity index (χ3v) is 1.57. The third-order valence-electron chi connectivity index (χ3n) is 1.57. The van der Waals surface area contributed by atoms with Crippen LogP contribution in [0, 0.1) is 5.92 Å². The summed E-state index contributed by atoms with van der Waals surface area (Å²) < 4.78 is 0. The maximum absolute atomic E-state index is 10.9. The lowest BCUT2D eigenvalue weighted by Gasteiger charge is -2.16. The number of carbonyl (C=O) groups excluding carboxylic acids is 2. The predicted molar refractivity (Wildman–Crippen MR) is 52.3 cm³/mol. The molecule has 0 heterocycles. The van der Waals surface area contributed by atoms with Gasteiger partial charge in [0.1, 0.15) is 6.04 Å². The molecule has 0 aliphatic rings. The fourth-order valence-electron chi connectivity index (χ4n) is 0.971. The van der Waals surface area contributed by atoms with Crippen LogP contribution in [0.1, 0.15) is 20.3 Å². The fraction of sp³-hybridized carbons (Fsp3) is 0.714. The van der Waals surface area contributed by atoms with E-state index in [4.69, 9.17) is 11.4 Å². The van der Waals surface area contributed by atoms with Crippen LogP contribution < -0.4 is 16.7 Å². The lowest BCUT2D eigenvalue weighted by Crippen LogP contribution is -2.47. The summed E-state index contributed by atoms with van der Waals surface area (Å²) in [7, 11) is -0.123. The van der Waals surface area contributed by atoms with Crippen molar-refractivity contribution in [1.29, 1.82) is 0 Å². The first-order valence-corrected chi connectivity index (χ1v) is 4.26.